The van der Waals surface area contributed by atoms with Crippen molar-refractivity contribution in [2.75, 3.05) is 20.6 Å². The number of hydrogen-bond acceptors (Lipinski definition) is 17. The van der Waals surface area contributed by atoms with Crippen molar-refractivity contribution in [3.05, 3.63) is 59.8 Å². The number of hydrogen-bond donors (Lipinski definition) is 13. The van der Waals surface area contributed by atoms with E-state index in [4.69, 9.17) is 14.2 Å². The first-order valence-electron chi connectivity index (χ1n) is 27.6. The van der Waals surface area contributed by atoms with E-state index in [0.29, 0.717) is 11.1 Å². The summed E-state index contributed by atoms with van der Waals surface area (Å²) in [6.45, 7) is 13.1. The number of allylic oxidation sites excluding steroid dienone is 6. The zero-order chi connectivity index (χ0) is 58.0. The van der Waals surface area contributed by atoms with Gasteiger partial charge in [-0.2, -0.15) is 0 Å². The zero-order valence-electron chi connectivity index (χ0n) is 47.1. The monoisotopic (exact) mass is 1100 g/mol. The Morgan fingerprint density at radius 1 is 0.805 bits per heavy atom. The molecule has 13 N–H and O–H groups in total. The van der Waals surface area contributed by atoms with Crippen molar-refractivity contribution >= 4 is 23.9 Å². The minimum atomic E-state index is -2.48. The standard InChI is InChI=1S/C57H97N3O17/c1-34-19-16-21-38(5)53(37(4)18-14-12-10-11-13-15-25-60-56(58-8)59-9)76-55(73)39(6)22-17-20-35(2)47(65)31-48(66)40(7)45(63)24-23-36(3)50(68)33-57(74)54(72)49(67)30-44(77-57)28-41(61)26-43(27-42(62)29-46(34)64)75-52(71)32-51(69)70/h10-11,16-17,19-22,35-38,40-50,53-54,61-68,72,74H,12-15,18,23-33H2,1-9H3,(H,69,70)(H2,58,59,60)/b11-10+,20-17-,21-16-,34-19-,39-22-/t35-,36-,37-,38+,40-,41-,42+,43-,44-,45+,46-,47-,48-,49+,50-,53-,54-,57+/m0/s1. The highest BCUT2D eigenvalue weighted by Crippen LogP contribution is 2.36. The zero-order valence-corrected chi connectivity index (χ0v) is 47.1. The third-order valence-corrected chi connectivity index (χ3v) is 15.0. The minimum Gasteiger partial charge on any atom is -0.481 e. The molecule has 1 saturated heterocycles. The predicted octanol–water partition coefficient (Wildman–Crippen LogP) is 3.63. The third-order valence-electron chi connectivity index (χ3n) is 15.0. The Morgan fingerprint density at radius 2 is 1.43 bits per heavy atom. The molecule has 1 fully saturated rings. The maximum atomic E-state index is 13.7. The molecule has 0 amide bonds. The van der Waals surface area contributed by atoms with E-state index in [1.807, 2.05) is 27.0 Å². The molecule has 442 valence electrons. The van der Waals surface area contributed by atoms with Crippen molar-refractivity contribution in [3.63, 3.8) is 0 Å². The number of nitrogens with zero attached hydrogens (tertiary/aromatic N) is 1. The highest BCUT2D eigenvalue weighted by Gasteiger charge is 2.50. The first-order valence-corrected chi connectivity index (χ1v) is 27.6. The Balaban J connectivity index is 2.44. The quantitative estimate of drug-likeness (QED) is 0.0331. The minimum absolute atomic E-state index is 0.0655. The number of fused-ring (bicyclic) bond motifs is 2. The molecular weight excluding hydrogens is 999 g/mol. The second-order valence-corrected chi connectivity index (χ2v) is 21.8. The van der Waals surface area contributed by atoms with Gasteiger partial charge in [0.15, 0.2) is 11.7 Å². The summed E-state index contributed by atoms with van der Waals surface area (Å²) >= 11 is 0. The number of nitrogens with one attached hydrogen (secondary N) is 2. The number of cyclic esters (lactones) is 1. The molecule has 0 saturated carbocycles. The maximum absolute atomic E-state index is 13.7. The Labute approximate surface area is 456 Å². The first-order chi connectivity index (χ1) is 36.2. The number of carboxylic acid groups (broad SMARTS) is 1. The summed E-state index contributed by atoms with van der Waals surface area (Å²) in [6.07, 6.45) is 1.35. The van der Waals surface area contributed by atoms with E-state index in [0.717, 1.165) is 44.6 Å². The van der Waals surface area contributed by atoms with Gasteiger partial charge in [0.25, 0.3) is 0 Å². The molecule has 0 aliphatic carbocycles. The summed E-state index contributed by atoms with van der Waals surface area (Å²) in [5.41, 5.74) is 0.779. The lowest BCUT2D eigenvalue weighted by atomic mass is 9.84. The van der Waals surface area contributed by atoms with Crippen molar-refractivity contribution in [1.29, 1.82) is 0 Å². The van der Waals surface area contributed by atoms with Crippen LogP contribution in [0.3, 0.4) is 0 Å². The van der Waals surface area contributed by atoms with Crippen LogP contribution < -0.4 is 10.6 Å². The van der Waals surface area contributed by atoms with Crippen LogP contribution >= 0.6 is 0 Å². The van der Waals surface area contributed by atoms with E-state index in [9.17, 15) is 70.6 Å². The van der Waals surface area contributed by atoms with Gasteiger partial charge in [0, 0.05) is 82.5 Å². The van der Waals surface area contributed by atoms with Gasteiger partial charge in [-0.1, -0.05) is 83.2 Å². The van der Waals surface area contributed by atoms with Gasteiger partial charge < -0.3 is 81.0 Å². The van der Waals surface area contributed by atoms with Crippen LogP contribution in [0, 0.1) is 29.6 Å². The van der Waals surface area contributed by atoms with Gasteiger partial charge >= 0.3 is 17.9 Å². The fourth-order valence-electron chi connectivity index (χ4n) is 9.63. The normalized spacial score (nSPS) is 37.6. The number of esters is 2. The summed E-state index contributed by atoms with van der Waals surface area (Å²) in [5, 5.41) is 127. The third kappa shape index (κ3) is 25.7. The van der Waals surface area contributed by atoms with E-state index in [1.165, 1.54) is 0 Å². The van der Waals surface area contributed by atoms with Crippen LogP contribution in [0.5, 0.6) is 0 Å². The van der Waals surface area contributed by atoms with Crippen LogP contribution in [0.4, 0.5) is 0 Å². The molecule has 0 unspecified atom stereocenters. The molecular formula is C57H97N3O17. The second kappa shape index (κ2) is 35.5. The number of ether oxygens (including phenoxy) is 3. The van der Waals surface area contributed by atoms with Crippen LogP contribution in [-0.2, 0) is 28.6 Å². The molecule has 0 radical (unpaired) electrons. The summed E-state index contributed by atoms with van der Waals surface area (Å²) in [4.78, 5) is 41.6. The Kier molecular flexibility index (Phi) is 31.9. The first kappa shape index (κ1) is 69.0. The van der Waals surface area contributed by atoms with Crippen LogP contribution in [0.15, 0.2) is 64.7 Å². The Bertz CT molecular complexity index is 1940. The molecule has 0 aromatic rings. The fraction of sp³-hybridized carbons (Fsp3) is 0.754. The smallest absolute Gasteiger partial charge is 0.334 e. The van der Waals surface area contributed by atoms with E-state index in [-0.39, 0.29) is 63.2 Å². The molecule has 2 heterocycles. The van der Waals surface area contributed by atoms with Gasteiger partial charge in [-0.05, 0) is 82.6 Å². The number of carbonyl (C=O) groups is 3. The average molecular weight is 1100 g/mol. The number of unbranched alkanes of at least 4 members (excludes halogenated alkanes) is 2. The highest BCUT2D eigenvalue weighted by molar-refractivity contribution is 5.90. The molecule has 2 aliphatic rings. The summed E-state index contributed by atoms with van der Waals surface area (Å²) in [5.74, 6) is -6.98. The molecule has 20 nitrogen and oxygen atoms in total. The summed E-state index contributed by atoms with van der Waals surface area (Å²) in [7, 11) is 3.53. The number of aliphatic hydroxyl groups excluding tert-OH is 9. The van der Waals surface area contributed by atoms with Crippen molar-refractivity contribution in [1.82, 2.24) is 10.6 Å². The molecule has 0 aromatic heterocycles. The molecule has 18 atom stereocenters. The molecule has 20 heteroatoms. The van der Waals surface area contributed by atoms with Crippen LogP contribution in [0.1, 0.15) is 145 Å². The van der Waals surface area contributed by atoms with E-state index in [2.05, 4.69) is 27.8 Å². The number of guanidine groups is 1. The number of aliphatic hydroxyl groups is 10. The Hall–Kier alpha value is -4.06. The molecule has 2 rings (SSSR count). The summed E-state index contributed by atoms with van der Waals surface area (Å²) < 4.78 is 17.4. The van der Waals surface area contributed by atoms with Crippen LogP contribution in [0.2, 0.25) is 0 Å². The van der Waals surface area contributed by atoms with Gasteiger partial charge in [0.05, 0.1) is 54.9 Å². The van der Waals surface area contributed by atoms with Crippen molar-refractivity contribution in [3.8, 4) is 0 Å². The largest absolute Gasteiger partial charge is 0.481 e. The lowest BCUT2D eigenvalue weighted by Gasteiger charge is -2.45. The molecule has 2 aliphatic heterocycles. The lowest BCUT2D eigenvalue weighted by Crippen LogP contribution is -2.59. The lowest BCUT2D eigenvalue weighted by molar-refractivity contribution is -0.333. The fourth-order valence-corrected chi connectivity index (χ4v) is 9.63. The van der Waals surface area contributed by atoms with Crippen molar-refractivity contribution in [2.45, 2.75) is 224 Å². The highest BCUT2D eigenvalue weighted by atomic mass is 16.7. The molecule has 77 heavy (non-hydrogen) atoms. The van der Waals surface area contributed by atoms with Crippen LogP contribution in [0.25, 0.3) is 0 Å². The van der Waals surface area contributed by atoms with Gasteiger partial charge in [-0.25, -0.2) is 4.79 Å². The topological polar surface area (TPSA) is 338 Å². The predicted molar refractivity (Wildman–Crippen MR) is 292 cm³/mol. The number of rotatable bonds is 12. The number of aliphatic imine (C=N–C) groups is 1. The van der Waals surface area contributed by atoms with Gasteiger partial charge in [-0.15, -0.1) is 0 Å². The average Bonchev–Trinajstić information content (AvgIpc) is 3.35. The number of carboxylic acids is 1. The summed E-state index contributed by atoms with van der Waals surface area (Å²) in [6, 6.07) is 0. The SMILES string of the molecule is CN=C(NC)NCCC/C=C/CCC[C@H](C)[C@@H]1OC(=O)/C(C)=C\C=C/[C@H](C)[C@@H](O)C[C@H](O)[C@@H](C)[C@H](O)CC[C@H](C)[C@@H](O)C[C@@]2(O)O[C@@H](C[C@@H](O)C[C@H](OC(=O)CC(=O)O)C[C@@H](O)C[C@H](O)/C(C)=C\C=C/[C@H]1C)C[C@@H](O)[C@@H]2O. The molecule has 2 bridgehead atoms. The van der Waals surface area contributed by atoms with Crippen molar-refractivity contribution < 1.29 is 84.8 Å². The number of aliphatic carboxylic acids is 1. The number of carbonyl (C=O) groups excluding carboxylic acids is 2. The molecule has 0 aromatic carbocycles. The van der Waals surface area contributed by atoms with Gasteiger partial charge in [-0.3, -0.25) is 14.6 Å². The van der Waals surface area contributed by atoms with E-state index < -0.39 is 128 Å². The maximum Gasteiger partial charge on any atom is 0.334 e. The molecule has 0 spiro atoms. The van der Waals surface area contributed by atoms with Crippen LogP contribution in [-0.4, -0.2) is 180 Å². The second-order valence-electron chi connectivity index (χ2n) is 21.8. The van der Waals surface area contributed by atoms with Gasteiger partial charge in [0.1, 0.15) is 24.7 Å². The van der Waals surface area contributed by atoms with E-state index in [1.54, 1.807) is 72.0 Å². The van der Waals surface area contributed by atoms with Gasteiger partial charge in [0.2, 0.25) is 0 Å². The van der Waals surface area contributed by atoms with E-state index >= 15 is 0 Å². The Morgan fingerprint density at radius 3 is 2.06 bits per heavy atom. The van der Waals surface area contributed by atoms with Crippen molar-refractivity contribution in [2.24, 2.45) is 34.6 Å².